The number of methoxy groups -OCH3 is 1. The van der Waals surface area contributed by atoms with Crippen molar-refractivity contribution >= 4 is 16.8 Å². The van der Waals surface area contributed by atoms with E-state index in [9.17, 15) is 19.4 Å². The van der Waals surface area contributed by atoms with E-state index in [4.69, 9.17) is 4.74 Å². The van der Waals surface area contributed by atoms with Crippen LogP contribution in [0.4, 0.5) is 13.2 Å². The van der Waals surface area contributed by atoms with Crippen molar-refractivity contribution in [2.45, 2.75) is 56.7 Å². The lowest BCUT2D eigenvalue weighted by Crippen LogP contribution is -2.44. The minimum atomic E-state index is -2.03. The summed E-state index contributed by atoms with van der Waals surface area (Å²) in [6.07, 6.45) is 3.09. The third kappa shape index (κ3) is 5.43. The SMILES string of the molecule is COc1cc(C(=O)NC[C@](O)(c2nc(-c3ccc(F)cc3)c(F)c(C(C)(C)O)c2F)C2CC2)cc2cc(C3CC3)nnc12. The van der Waals surface area contributed by atoms with Crippen LogP contribution in [0.5, 0.6) is 5.75 Å². The van der Waals surface area contributed by atoms with Crippen molar-refractivity contribution in [2.24, 2.45) is 5.92 Å². The Balaban J connectivity index is 1.38. The molecule has 2 saturated carbocycles. The van der Waals surface area contributed by atoms with Crippen molar-refractivity contribution < 1.29 is 32.9 Å². The normalized spacial score (nSPS) is 16.7. The van der Waals surface area contributed by atoms with Crippen molar-refractivity contribution in [3.05, 3.63) is 82.4 Å². The van der Waals surface area contributed by atoms with Crippen molar-refractivity contribution in [1.82, 2.24) is 20.5 Å². The van der Waals surface area contributed by atoms with E-state index in [1.807, 2.05) is 6.07 Å². The largest absolute Gasteiger partial charge is 0.494 e. The Hall–Kier alpha value is -4.09. The van der Waals surface area contributed by atoms with E-state index >= 15 is 8.78 Å². The molecule has 8 nitrogen and oxygen atoms in total. The predicted molar refractivity (Wildman–Crippen MR) is 152 cm³/mol. The number of hydrogen-bond donors (Lipinski definition) is 3. The van der Waals surface area contributed by atoms with Crippen LogP contribution in [-0.2, 0) is 11.2 Å². The molecule has 0 aliphatic heterocycles. The number of amides is 1. The second-order valence-corrected chi connectivity index (χ2v) is 11.9. The Morgan fingerprint density at radius 2 is 1.70 bits per heavy atom. The highest BCUT2D eigenvalue weighted by Crippen LogP contribution is 2.47. The summed E-state index contributed by atoms with van der Waals surface area (Å²) in [5, 5.41) is 34.6. The molecule has 6 rings (SSSR count). The topological polar surface area (TPSA) is 117 Å². The van der Waals surface area contributed by atoms with Gasteiger partial charge in [0.1, 0.15) is 34.1 Å². The Morgan fingerprint density at radius 3 is 2.30 bits per heavy atom. The number of fused-ring (bicyclic) bond motifs is 1. The molecule has 224 valence electrons. The Labute approximate surface area is 245 Å². The number of benzene rings is 2. The Bertz CT molecular complexity index is 1730. The van der Waals surface area contributed by atoms with Gasteiger partial charge in [-0.2, -0.15) is 5.10 Å². The number of carbonyl (C=O) groups is 1. The molecule has 43 heavy (non-hydrogen) atoms. The standard InChI is InChI=1S/C32H31F3N4O4/c1-31(2,41)24-25(34)28(17-6-10-21(33)11-7-17)37-29(26(24)35)32(42,20-8-9-20)15-36-30(40)19-12-18-13-22(16-4-5-16)38-39-27(18)23(14-19)43-3/h6-7,10-14,16,20,41-42H,4-5,8-9,15H2,1-3H3,(H,36,40)/t32-/m1/s1. The number of aliphatic hydroxyl groups is 2. The number of rotatable bonds is 9. The molecule has 0 unspecified atom stereocenters. The van der Waals surface area contributed by atoms with Gasteiger partial charge in [0.25, 0.3) is 5.91 Å². The van der Waals surface area contributed by atoms with E-state index < -0.39 is 58.3 Å². The predicted octanol–water partition coefficient (Wildman–Crippen LogP) is 5.25. The fraction of sp³-hybridized carbons (Fsp3) is 0.375. The molecule has 2 fully saturated rings. The summed E-state index contributed by atoms with van der Waals surface area (Å²) >= 11 is 0. The molecule has 4 aromatic rings. The summed E-state index contributed by atoms with van der Waals surface area (Å²) in [5.41, 5.74) is -3.87. The molecule has 0 bridgehead atoms. The number of nitrogens with one attached hydrogen (secondary N) is 1. The number of pyridine rings is 1. The van der Waals surface area contributed by atoms with E-state index in [2.05, 4.69) is 20.5 Å². The molecule has 3 N–H and O–H groups in total. The summed E-state index contributed by atoms with van der Waals surface area (Å²) in [4.78, 5) is 17.6. The van der Waals surface area contributed by atoms with Gasteiger partial charge in [-0.05, 0) is 87.9 Å². The van der Waals surface area contributed by atoms with Crippen LogP contribution < -0.4 is 10.1 Å². The van der Waals surface area contributed by atoms with E-state index in [1.54, 1.807) is 6.07 Å². The molecule has 0 saturated heterocycles. The third-order valence-electron chi connectivity index (χ3n) is 8.14. The highest BCUT2D eigenvalue weighted by molar-refractivity contribution is 6.00. The second-order valence-electron chi connectivity index (χ2n) is 11.9. The van der Waals surface area contributed by atoms with Gasteiger partial charge in [0.2, 0.25) is 0 Å². The lowest BCUT2D eigenvalue weighted by atomic mass is 9.87. The lowest BCUT2D eigenvalue weighted by Gasteiger charge is -2.31. The van der Waals surface area contributed by atoms with Gasteiger partial charge < -0.3 is 20.3 Å². The smallest absolute Gasteiger partial charge is 0.251 e. The van der Waals surface area contributed by atoms with Crippen molar-refractivity contribution in [3.63, 3.8) is 0 Å². The minimum absolute atomic E-state index is 0.129. The van der Waals surface area contributed by atoms with Crippen LogP contribution in [0.2, 0.25) is 0 Å². The summed E-state index contributed by atoms with van der Waals surface area (Å²) < 4.78 is 50.8. The number of aromatic nitrogens is 3. The molecule has 2 aromatic heterocycles. The molecule has 2 aromatic carbocycles. The first-order valence-electron chi connectivity index (χ1n) is 14.1. The summed E-state index contributed by atoms with van der Waals surface area (Å²) in [6.45, 7) is 2.00. The van der Waals surface area contributed by atoms with Crippen LogP contribution in [0.1, 0.15) is 72.8 Å². The molecule has 0 radical (unpaired) electrons. The molecular formula is C32H31F3N4O4. The number of carbonyl (C=O) groups excluding carboxylic acids is 1. The van der Waals surface area contributed by atoms with Crippen LogP contribution in [0.15, 0.2) is 42.5 Å². The van der Waals surface area contributed by atoms with Gasteiger partial charge >= 0.3 is 0 Å². The van der Waals surface area contributed by atoms with Gasteiger partial charge in [-0.25, -0.2) is 18.2 Å². The fourth-order valence-electron chi connectivity index (χ4n) is 5.47. The van der Waals surface area contributed by atoms with Gasteiger partial charge in [-0.15, -0.1) is 5.10 Å². The number of nitrogens with zero attached hydrogens (tertiary/aromatic N) is 3. The molecule has 1 atom stereocenters. The number of hydrogen-bond acceptors (Lipinski definition) is 7. The first kappa shape index (κ1) is 29.0. The van der Waals surface area contributed by atoms with E-state index in [0.29, 0.717) is 35.4 Å². The van der Waals surface area contributed by atoms with Crippen molar-refractivity contribution in [3.8, 4) is 17.0 Å². The van der Waals surface area contributed by atoms with E-state index in [1.165, 1.54) is 39.2 Å². The monoisotopic (exact) mass is 592 g/mol. The van der Waals surface area contributed by atoms with Crippen LogP contribution in [0, 0.1) is 23.4 Å². The quantitative estimate of drug-likeness (QED) is 0.243. The molecule has 2 aliphatic carbocycles. The van der Waals surface area contributed by atoms with Gasteiger partial charge in [0.05, 0.1) is 30.5 Å². The Morgan fingerprint density at radius 1 is 1.00 bits per heavy atom. The van der Waals surface area contributed by atoms with E-state index in [-0.39, 0.29) is 16.8 Å². The van der Waals surface area contributed by atoms with Gasteiger partial charge in [-0.3, -0.25) is 4.79 Å². The summed E-state index contributed by atoms with van der Waals surface area (Å²) in [5.74, 6) is -3.25. The second kappa shape index (κ2) is 10.6. The van der Waals surface area contributed by atoms with E-state index in [0.717, 1.165) is 30.7 Å². The highest BCUT2D eigenvalue weighted by atomic mass is 19.1. The average molecular weight is 593 g/mol. The zero-order chi connectivity index (χ0) is 30.7. The lowest BCUT2D eigenvalue weighted by molar-refractivity contribution is 0.00419. The molecule has 0 spiro atoms. The van der Waals surface area contributed by atoms with Gasteiger partial charge in [0, 0.05) is 22.4 Å². The highest BCUT2D eigenvalue weighted by Gasteiger charge is 2.50. The third-order valence-corrected chi connectivity index (χ3v) is 8.14. The van der Waals surface area contributed by atoms with Crippen LogP contribution in [0.25, 0.3) is 22.2 Å². The van der Waals surface area contributed by atoms with Crippen molar-refractivity contribution in [2.75, 3.05) is 13.7 Å². The minimum Gasteiger partial charge on any atom is -0.494 e. The number of halogens is 3. The zero-order valence-corrected chi connectivity index (χ0v) is 23.9. The number of ether oxygens (including phenoxy) is 1. The average Bonchev–Trinajstić information content (AvgIpc) is 3.88. The first-order valence-corrected chi connectivity index (χ1v) is 14.1. The fourth-order valence-corrected chi connectivity index (χ4v) is 5.47. The molecule has 1 amide bonds. The maximum Gasteiger partial charge on any atom is 0.251 e. The van der Waals surface area contributed by atoms with Crippen LogP contribution >= 0.6 is 0 Å². The maximum absolute atomic E-state index is 16.1. The maximum atomic E-state index is 16.1. The van der Waals surface area contributed by atoms with Crippen LogP contribution in [0.3, 0.4) is 0 Å². The first-order chi connectivity index (χ1) is 20.4. The molecule has 2 heterocycles. The molecule has 2 aliphatic rings. The Kier molecular flexibility index (Phi) is 7.13. The van der Waals surface area contributed by atoms with Crippen LogP contribution in [-0.4, -0.2) is 45.0 Å². The summed E-state index contributed by atoms with van der Waals surface area (Å²) in [6, 6.07) is 9.81. The van der Waals surface area contributed by atoms with Crippen molar-refractivity contribution in [1.29, 1.82) is 0 Å². The van der Waals surface area contributed by atoms with Gasteiger partial charge in [0.15, 0.2) is 11.6 Å². The summed E-state index contributed by atoms with van der Waals surface area (Å²) in [7, 11) is 1.46. The molecular weight excluding hydrogens is 561 g/mol. The zero-order valence-electron chi connectivity index (χ0n) is 23.9. The van der Waals surface area contributed by atoms with Gasteiger partial charge in [-0.1, -0.05) is 0 Å². The molecule has 11 heteroatoms.